The summed E-state index contributed by atoms with van der Waals surface area (Å²) in [5, 5.41) is 14.4. The minimum absolute atomic E-state index is 0.591. The summed E-state index contributed by atoms with van der Waals surface area (Å²) in [6.07, 6.45) is 0. The van der Waals surface area contributed by atoms with Gasteiger partial charge < -0.3 is 9.13 Å². The first-order valence-electron chi connectivity index (χ1n) is 17.3. The number of hydrogen-bond acceptors (Lipinski definition) is 3. The molecule has 0 fully saturated rings. The average Bonchev–Trinajstić information content (AvgIpc) is 3.72. The van der Waals surface area contributed by atoms with Crippen molar-refractivity contribution in [2.75, 3.05) is 0 Å². The first-order chi connectivity index (χ1) is 25.7. The van der Waals surface area contributed by atoms with E-state index in [2.05, 4.69) is 143 Å². The zero-order chi connectivity index (χ0) is 34.6. The van der Waals surface area contributed by atoms with Crippen LogP contribution < -0.4 is 0 Å². The van der Waals surface area contributed by atoms with Gasteiger partial charge in [0.15, 0.2) is 5.82 Å². The summed E-state index contributed by atoms with van der Waals surface area (Å²) in [6, 6.07) is 63.1. The van der Waals surface area contributed by atoms with Crippen molar-refractivity contribution in [2.24, 2.45) is 0 Å². The molecule has 0 saturated heterocycles. The summed E-state index contributed by atoms with van der Waals surface area (Å²) >= 11 is 0. The quantitative estimate of drug-likeness (QED) is 0.184. The molecule has 3 heterocycles. The van der Waals surface area contributed by atoms with E-state index < -0.39 is 0 Å². The predicted molar refractivity (Wildman–Crippen MR) is 212 cm³/mol. The summed E-state index contributed by atoms with van der Waals surface area (Å²) in [5.74, 6) is 0.620. The Morgan fingerprint density at radius 1 is 0.385 bits per heavy atom. The Kier molecular flexibility index (Phi) is 6.80. The van der Waals surface area contributed by atoms with Crippen LogP contribution in [-0.4, -0.2) is 19.1 Å². The third-order valence-electron chi connectivity index (χ3n) is 9.93. The number of benzene rings is 7. The van der Waals surface area contributed by atoms with Gasteiger partial charge in [-0.25, -0.2) is 9.97 Å². The van der Waals surface area contributed by atoms with Gasteiger partial charge >= 0.3 is 0 Å². The van der Waals surface area contributed by atoms with E-state index in [1.165, 1.54) is 32.6 Å². The van der Waals surface area contributed by atoms with E-state index in [9.17, 15) is 5.26 Å². The second-order valence-corrected chi connectivity index (χ2v) is 13.0. The smallest absolute Gasteiger partial charge is 0.160 e. The maximum absolute atomic E-state index is 9.62. The number of nitriles is 1. The molecule has 0 N–H and O–H groups in total. The number of rotatable bonds is 5. The first-order valence-corrected chi connectivity index (χ1v) is 17.3. The summed E-state index contributed by atoms with van der Waals surface area (Å²) in [6.45, 7) is 0. The summed E-state index contributed by atoms with van der Waals surface area (Å²) in [5.41, 5.74) is 11.7. The van der Waals surface area contributed by atoms with E-state index in [1.54, 1.807) is 0 Å². The maximum Gasteiger partial charge on any atom is 0.160 e. The SMILES string of the molecule is N#Cc1cccc(-c2cc(-c3ccccc3)nc(-c3cccc(-n4c5ccccc5c5cc6c(cc54)c4ccccc4n6-c4ccccc4)c3)n2)c1. The molecular weight excluding hydrogens is 635 g/mol. The maximum atomic E-state index is 9.62. The lowest BCUT2D eigenvalue weighted by atomic mass is 10.0. The van der Waals surface area contributed by atoms with E-state index in [0.717, 1.165) is 50.5 Å². The van der Waals surface area contributed by atoms with Crippen LogP contribution in [0.1, 0.15) is 5.56 Å². The highest BCUT2D eigenvalue weighted by molar-refractivity contribution is 6.19. The third kappa shape index (κ3) is 4.78. The van der Waals surface area contributed by atoms with Gasteiger partial charge in [0.2, 0.25) is 0 Å². The Hall–Kier alpha value is -7.29. The van der Waals surface area contributed by atoms with Crippen molar-refractivity contribution in [1.82, 2.24) is 19.1 Å². The second-order valence-electron chi connectivity index (χ2n) is 13.0. The fourth-order valence-corrected chi connectivity index (χ4v) is 7.58. The van der Waals surface area contributed by atoms with Gasteiger partial charge in [-0.3, -0.25) is 0 Å². The predicted octanol–water partition coefficient (Wildman–Crippen LogP) is 11.5. The molecule has 0 aliphatic carbocycles. The molecule has 0 radical (unpaired) electrons. The standard InChI is InChI=1S/C47H29N5/c48-30-31-13-11-16-33(25-31)42-29-41(32-14-3-1-4-15-32)49-47(50-42)34-17-12-20-36(26-34)52-44-24-10-8-22-38(44)40-27-45-39(28-46(40)52)37-21-7-9-23-43(37)51(45)35-18-5-2-6-19-35/h1-29H. The van der Waals surface area contributed by atoms with E-state index >= 15 is 0 Å². The van der Waals surface area contributed by atoms with Crippen LogP contribution in [0.25, 0.3) is 88.9 Å². The van der Waals surface area contributed by atoms with Gasteiger partial charge in [-0.15, -0.1) is 0 Å². The molecule has 5 heteroatoms. The number of para-hydroxylation sites is 3. The molecule has 242 valence electrons. The Morgan fingerprint density at radius 2 is 0.904 bits per heavy atom. The van der Waals surface area contributed by atoms with Crippen molar-refractivity contribution < 1.29 is 0 Å². The number of hydrogen-bond donors (Lipinski definition) is 0. The summed E-state index contributed by atoms with van der Waals surface area (Å²) in [7, 11) is 0. The van der Waals surface area contributed by atoms with Gasteiger partial charge in [-0.2, -0.15) is 5.26 Å². The fraction of sp³-hybridized carbons (Fsp3) is 0. The molecule has 0 saturated carbocycles. The lowest BCUT2D eigenvalue weighted by Crippen LogP contribution is -1.98. The minimum atomic E-state index is 0.591. The molecule has 10 aromatic rings. The summed E-state index contributed by atoms with van der Waals surface area (Å²) in [4.78, 5) is 10.2. The number of nitrogens with zero attached hydrogens (tertiary/aromatic N) is 5. The number of aromatic nitrogens is 4. The highest BCUT2D eigenvalue weighted by Crippen LogP contribution is 2.40. The molecular formula is C47H29N5. The molecule has 10 rings (SSSR count). The van der Waals surface area contributed by atoms with Crippen molar-refractivity contribution in [2.45, 2.75) is 0 Å². The third-order valence-corrected chi connectivity index (χ3v) is 9.93. The molecule has 0 atom stereocenters. The largest absolute Gasteiger partial charge is 0.309 e. The van der Waals surface area contributed by atoms with E-state index in [1.807, 2.05) is 48.5 Å². The normalized spacial score (nSPS) is 11.4. The van der Waals surface area contributed by atoms with Gasteiger partial charge in [0.25, 0.3) is 0 Å². The van der Waals surface area contributed by atoms with Crippen molar-refractivity contribution >= 4 is 43.6 Å². The van der Waals surface area contributed by atoms with Gasteiger partial charge in [-0.05, 0) is 66.7 Å². The van der Waals surface area contributed by atoms with E-state index in [-0.39, 0.29) is 0 Å². The average molecular weight is 664 g/mol. The van der Waals surface area contributed by atoms with Gasteiger partial charge in [0.05, 0.1) is 45.1 Å². The molecule has 5 nitrogen and oxygen atoms in total. The van der Waals surface area contributed by atoms with Crippen LogP contribution in [0.3, 0.4) is 0 Å². The Bertz CT molecular complexity index is 3020. The van der Waals surface area contributed by atoms with Crippen molar-refractivity contribution in [3.05, 3.63) is 181 Å². The first kappa shape index (κ1) is 29.6. The van der Waals surface area contributed by atoms with Crippen molar-refractivity contribution in [3.8, 4) is 51.3 Å². The molecule has 0 amide bonds. The highest BCUT2D eigenvalue weighted by Gasteiger charge is 2.19. The molecule has 52 heavy (non-hydrogen) atoms. The van der Waals surface area contributed by atoms with Crippen LogP contribution in [-0.2, 0) is 0 Å². The van der Waals surface area contributed by atoms with Crippen molar-refractivity contribution in [1.29, 1.82) is 5.26 Å². The zero-order valence-electron chi connectivity index (χ0n) is 28.0. The Balaban J connectivity index is 1.21. The van der Waals surface area contributed by atoms with Gasteiger partial charge in [0, 0.05) is 49.6 Å². The molecule has 0 unspecified atom stereocenters. The molecule has 0 aliphatic rings. The van der Waals surface area contributed by atoms with Crippen LogP contribution in [0.15, 0.2) is 176 Å². The molecule has 3 aromatic heterocycles. The molecule has 0 bridgehead atoms. The van der Waals surface area contributed by atoms with Crippen LogP contribution in [0.5, 0.6) is 0 Å². The van der Waals surface area contributed by atoms with Gasteiger partial charge in [0.1, 0.15) is 0 Å². The van der Waals surface area contributed by atoms with Crippen LogP contribution >= 0.6 is 0 Å². The van der Waals surface area contributed by atoms with Crippen LogP contribution in [0, 0.1) is 11.3 Å². The Labute approximate surface area is 299 Å². The minimum Gasteiger partial charge on any atom is -0.309 e. The van der Waals surface area contributed by atoms with Gasteiger partial charge in [-0.1, -0.05) is 109 Å². The van der Waals surface area contributed by atoms with Crippen LogP contribution in [0.4, 0.5) is 0 Å². The van der Waals surface area contributed by atoms with Crippen LogP contribution in [0.2, 0.25) is 0 Å². The lowest BCUT2D eigenvalue weighted by molar-refractivity contribution is 1.16. The van der Waals surface area contributed by atoms with E-state index in [4.69, 9.17) is 9.97 Å². The monoisotopic (exact) mass is 663 g/mol. The number of fused-ring (bicyclic) bond motifs is 6. The lowest BCUT2D eigenvalue weighted by Gasteiger charge is -2.12. The van der Waals surface area contributed by atoms with E-state index in [0.29, 0.717) is 11.4 Å². The highest BCUT2D eigenvalue weighted by atomic mass is 15.0. The summed E-state index contributed by atoms with van der Waals surface area (Å²) < 4.78 is 4.73. The zero-order valence-corrected chi connectivity index (χ0v) is 28.0. The topological polar surface area (TPSA) is 59.4 Å². The molecule has 0 aliphatic heterocycles. The molecule has 0 spiro atoms. The van der Waals surface area contributed by atoms with Crippen molar-refractivity contribution in [3.63, 3.8) is 0 Å². The fourth-order valence-electron chi connectivity index (χ4n) is 7.58. The Morgan fingerprint density at radius 3 is 1.58 bits per heavy atom. The second kappa shape index (κ2) is 11.9. The molecule has 7 aromatic carbocycles.